The van der Waals surface area contributed by atoms with E-state index in [0.717, 1.165) is 44.5 Å². The number of amides is 2. The van der Waals surface area contributed by atoms with Crippen LogP contribution >= 0.6 is 0 Å². The summed E-state index contributed by atoms with van der Waals surface area (Å²) >= 11 is 0. The van der Waals surface area contributed by atoms with Crippen LogP contribution in [0.1, 0.15) is 24.8 Å². The molecule has 0 unspecified atom stereocenters. The highest BCUT2D eigenvalue weighted by Gasteiger charge is 2.13. The van der Waals surface area contributed by atoms with Crippen molar-refractivity contribution >= 4 is 17.8 Å². The molecule has 0 aliphatic carbocycles. The number of nitrogens with zero attached hydrogens (tertiary/aromatic N) is 1. The molecule has 0 bridgehead atoms. The van der Waals surface area contributed by atoms with E-state index in [0.29, 0.717) is 18.0 Å². The van der Waals surface area contributed by atoms with Crippen LogP contribution in [-0.4, -0.2) is 44.2 Å². The SMILES string of the molecule is COc1cccc(NC(=O)NCCCN2CCC(=Cc3ccc(F)cc3)CC2)c1. The minimum atomic E-state index is -0.207. The molecule has 2 aromatic carbocycles. The molecule has 0 spiro atoms. The Morgan fingerprint density at radius 1 is 1.17 bits per heavy atom. The molecular formula is C23H28FN3O2. The van der Waals surface area contributed by atoms with E-state index >= 15 is 0 Å². The molecule has 1 heterocycles. The molecule has 0 atom stereocenters. The molecule has 3 rings (SSSR count). The Kier molecular flexibility index (Phi) is 7.64. The first-order valence-electron chi connectivity index (χ1n) is 9.98. The molecular weight excluding hydrogens is 369 g/mol. The number of carbonyl (C=O) groups is 1. The summed E-state index contributed by atoms with van der Waals surface area (Å²) in [7, 11) is 1.60. The summed E-state index contributed by atoms with van der Waals surface area (Å²) in [5, 5.41) is 5.71. The minimum Gasteiger partial charge on any atom is -0.497 e. The maximum atomic E-state index is 13.0. The third kappa shape index (κ3) is 6.91. The second kappa shape index (κ2) is 10.6. The summed E-state index contributed by atoms with van der Waals surface area (Å²) in [5.41, 5.74) is 3.17. The van der Waals surface area contributed by atoms with Gasteiger partial charge in [-0.1, -0.05) is 29.8 Å². The Bertz CT molecular complexity index is 826. The van der Waals surface area contributed by atoms with E-state index in [9.17, 15) is 9.18 Å². The maximum Gasteiger partial charge on any atom is 0.319 e. The van der Waals surface area contributed by atoms with Crippen molar-refractivity contribution < 1.29 is 13.9 Å². The van der Waals surface area contributed by atoms with Gasteiger partial charge in [0.2, 0.25) is 0 Å². The van der Waals surface area contributed by atoms with Crippen LogP contribution in [0.2, 0.25) is 0 Å². The van der Waals surface area contributed by atoms with Crippen molar-refractivity contribution in [3.05, 3.63) is 65.5 Å². The molecule has 2 amide bonds. The fourth-order valence-corrected chi connectivity index (χ4v) is 3.38. The lowest BCUT2D eigenvalue weighted by atomic mass is 10.0. The Balaban J connectivity index is 1.32. The molecule has 2 aromatic rings. The van der Waals surface area contributed by atoms with Crippen molar-refractivity contribution in [2.45, 2.75) is 19.3 Å². The number of nitrogens with one attached hydrogen (secondary N) is 2. The fraction of sp³-hybridized carbons (Fsp3) is 0.348. The number of hydrogen-bond donors (Lipinski definition) is 2. The number of benzene rings is 2. The highest BCUT2D eigenvalue weighted by molar-refractivity contribution is 5.89. The van der Waals surface area contributed by atoms with E-state index in [1.165, 1.54) is 17.7 Å². The Labute approximate surface area is 171 Å². The minimum absolute atomic E-state index is 0.201. The number of carbonyl (C=O) groups excluding carboxylic acids is 1. The standard InChI is InChI=1S/C23H28FN3O2/c1-29-22-5-2-4-21(17-22)26-23(28)25-12-3-13-27-14-10-19(11-15-27)16-18-6-8-20(24)9-7-18/h2,4-9,16-17H,3,10-15H2,1H3,(H2,25,26,28). The van der Waals surface area contributed by atoms with E-state index < -0.39 is 0 Å². The van der Waals surface area contributed by atoms with Gasteiger partial charge in [-0.05, 0) is 55.6 Å². The molecule has 1 saturated heterocycles. The molecule has 2 N–H and O–H groups in total. The van der Waals surface area contributed by atoms with Gasteiger partial charge in [0.05, 0.1) is 7.11 Å². The first kappa shape index (κ1) is 20.9. The first-order chi connectivity index (χ1) is 14.1. The van der Waals surface area contributed by atoms with Crippen molar-refractivity contribution in [3.8, 4) is 5.75 Å². The monoisotopic (exact) mass is 397 g/mol. The van der Waals surface area contributed by atoms with Crippen LogP contribution in [0, 0.1) is 5.82 Å². The number of halogens is 1. The van der Waals surface area contributed by atoms with Gasteiger partial charge in [-0.15, -0.1) is 0 Å². The van der Waals surface area contributed by atoms with E-state index in [2.05, 4.69) is 21.6 Å². The number of methoxy groups -OCH3 is 1. The van der Waals surface area contributed by atoms with Gasteiger partial charge < -0.3 is 20.3 Å². The van der Waals surface area contributed by atoms with Crippen molar-refractivity contribution in [2.75, 3.05) is 38.6 Å². The smallest absolute Gasteiger partial charge is 0.319 e. The van der Waals surface area contributed by atoms with E-state index in [1.807, 2.05) is 30.3 Å². The number of rotatable bonds is 7. The Morgan fingerprint density at radius 2 is 1.93 bits per heavy atom. The highest BCUT2D eigenvalue weighted by atomic mass is 19.1. The first-order valence-corrected chi connectivity index (χ1v) is 9.98. The molecule has 1 aliphatic rings. The van der Waals surface area contributed by atoms with Crippen LogP contribution in [0.25, 0.3) is 6.08 Å². The number of ether oxygens (including phenoxy) is 1. The van der Waals surface area contributed by atoms with Gasteiger partial charge >= 0.3 is 6.03 Å². The number of anilines is 1. The lowest BCUT2D eigenvalue weighted by Gasteiger charge is -2.28. The third-order valence-corrected chi connectivity index (χ3v) is 5.00. The summed E-state index contributed by atoms with van der Waals surface area (Å²) in [6.45, 7) is 3.62. The Morgan fingerprint density at radius 3 is 2.66 bits per heavy atom. The number of urea groups is 1. The fourth-order valence-electron chi connectivity index (χ4n) is 3.38. The summed E-state index contributed by atoms with van der Waals surface area (Å²) in [4.78, 5) is 14.4. The van der Waals surface area contributed by atoms with Gasteiger partial charge in [-0.3, -0.25) is 0 Å². The van der Waals surface area contributed by atoms with E-state index in [4.69, 9.17) is 4.74 Å². The van der Waals surface area contributed by atoms with Crippen molar-refractivity contribution in [1.29, 1.82) is 0 Å². The summed E-state index contributed by atoms with van der Waals surface area (Å²) < 4.78 is 18.1. The lowest BCUT2D eigenvalue weighted by Crippen LogP contribution is -2.35. The van der Waals surface area contributed by atoms with Gasteiger partial charge in [-0.25, -0.2) is 9.18 Å². The average molecular weight is 397 g/mol. The predicted octanol–water partition coefficient (Wildman–Crippen LogP) is 4.53. The van der Waals surface area contributed by atoms with E-state index in [1.54, 1.807) is 13.2 Å². The van der Waals surface area contributed by atoms with Gasteiger partial charge in [0, 0.05) is 31.4 Å². The van der Waals surface area contributed by atoms with Crippen LogP contribution in [0.15, 0.2) is 54.1 Å². The normalized spacial score (nSPS) is 14.3. The van der Waals surface area contributed by atoms with Crippen LogP contribution in [-0.2, 0) is 0 Å². The molecule has 154 valence electrons. The molecule has 0 saturated carbocycles. The van der Waals surface area contributed by atoms with Gasteiger partial charge in [0.1, 0.15) is 11.6 Å². The highest BCUT2D eigenvalue weighted by Crippen LogP contribution is 2.20. The number of piperidine rings is 1. The zero-order chi connectivity index (χ0) is 20.5. The zero-order valence-electron chi connectivity index (χ0n) is 16.8. The molecule has 29 heavy (non-hydrogen) atoms. The quantitative estimate of drug-likeness (QED) is 0.675. The predicted molar refractivity (Wildman–Crippen MR) is 115 cm³/mol. The molecule has 1 fully saturated rings. The molecule has 0 aromatic heterocycles. The molecule has 6 heteroatoms. The van der Waals surface area contributed by atoms with E-state index in [-0.39, 0.29) is 11.8 Å². The van der Waals surface area contributed by atoms with Crippen LogP contribution in [0.4, 0.5) is 14.9 Å². The van der Waals surface area contributed by atoms with Gasteiger partial charge in [0.25, 0.3) is 0 Å². The summed E-state index contributed by atoms with van der Waals surface area (Å²) in [6.07, 6.45) is 5.13. The zero-order valence-corrected chi connectivity index (χ0v) is 16.8. The lowest BCUT2D eigenvalue weighted by molar-refractivity contribution is 0.244. The second-order valence-corrected chi connectivity index (χ2v) is 7.16. The van der Waals surface area contributed by atoms with Gasteiger partial charge in [-0.2, -0.15) is 0 Å². The molecule has 5 nitrogen and oxygen atoms in total. The summed E-state index contributed by atoms with van der Waals surface area (Å²) in [6, 6.07) is 13.7. The largest absolute Gasteiger partial charge is 0.497 e. The topological polar surface area (TPSA) is 53.6 Å². The van der Waals surface area contributed by atoms with Crippen molar-refractivity contribution in [2.24, 2.45) is 0 Å². The van der Waals surface area contributed by atoms with Gasteiger partial charge in [0.15, 0.2) is 0 Å². The maximum absolute atomic E-state index is 13.0. The van der Waals surface area contributed by atoms with Crippen molar-refractivity contribution in [3.63, 3.8) is 0 Å². The molecule has 1 aliphatic heterocycles. The van der Waals surface area contributed by atoms with Crippen LogP contribution in [0.5, 0.6) is 5.75 Å². The second-order valence-electron chi connectivity index (χ2n) is 7.16. The number of hydrogen-bond acceptors (Lipinski definition) is 3. The Hall–Kier alpha value is -2.86. The third-order valence-electron chi connectivity index (χ3n) is 5.00. The number of likely N-dealkylation sites (tertiary alicyclic amines) is 1. The average Bonchev–Trinajstić information content (AvgIpc) is 2.74. The van der Waals surface area contributed by atoms with Crippen LogP contribution < -0.4 is 15.4 Å². The van der Waals surface area contributed by atoms with Crippen LogP contribution in [0.3, 0.4) is 0 Å². The van der Waals surface area contributed by atoms with Crippen molar-refractivity contribution in [1.82, 2.24) is 10.2 Å². The summed E-state index contributed by atoms with van der Waals surface area (Å²) in [5.74, 6) is 0.508. The molecule has 0 radical (unpaired) electrons.